The number of carbonyl (C=O) groups is 1. The summed E-state index contributed by atoms with van der Waals surface area (Å²) < 4.78 is 10.6. The quantitative estimate of drug-likeness (QED) is 0.658. The Bertz CT molecular complexity index is 998. The third kappa shape index (κ3) is 3.57. The van der Waals surface area contributed by atoms with Crippen LogP contribution in [0.25, 0.3) is 0 Å². The molecule has 2 aromatic heterocycles. The molecular formula is C21H21N3O3S. The maximum atomic E-state index is 12.9. The first-order valence-electron chi connectivity index (χ1n) is 9.03. The highest BCUT2D eigenvalue weighted by Crippen LogP contribution is 2.49. The van der Waals surface area contributed by atoms with Crippen molar-refractivity contribution in [2.24, 2.45) is 0 Å². The van der Waals surface area contributed by atoms with Crippen LogP contribution in [0.4, 0.5) is 5.13 Å². The van der Waals surface area contributed by atoms with Crippen LogP contribution in [0.15, 0.2) is 48.8 Å². The molecule has 1 N–H and O–H groups in total. The number of amides is 1. The van der Waals surface area contributed by atoms with Gasteiger partial charge in [0.1, 0.15) is 5.75 Å². The van der Waals surface area contributed by atoms with Crippen LogP contribution >= 0.6 is 11.3 Å². The third-order valence-electron chi connectivity index (χ3n) is 4.99. The molecule has 0 unspecified atom stereocenters. The highest BCUT2D eigenvalue weighted by molar-refractivity contribution is 7.15. The minimum absolute atomic E-state index is 0.0133. The molecular weight excluding hydrogens is 374 g/mol. The summed E-state index contributed by atoms with van der Waals surface area (Å²) in [4.78, 5) is 22.6. The number of carbonyl (C=O) groups excluding carboxylic acids is 1. The van der Waals surface area contributed by atoms with Gasteiger partial charge in [0.15, 0.2) is 5.13 Å². The lowest BCUT2D eigenvalue weighted by molar-refractivity contribution is -0.118. The number of hydrogen-bond acceptors (Lipinski definition) is 6. The number of rotatable bonds is 7. The van der Waals surface area contributed by atoms with Crippen LogP contribution < -0.4 is 14.8 Å². The van der Waals surface area contributed by atoms with Gasteiger partial charge in [-0.25, -0.2) is 9.97 Å². The molecule has 0 radical (unpaired) electrons. The SMILES string of the molecule is COc1cccc(C2(C(=O)Nc3ncc(Cc4cccnc4OC)s3)CC2)c1. The van der Waals surface area contributed by atoms with Gasteiger partial charge in [-0.2, -0.15) is 0 Å². The fourth-order valence-corrected chi connectivity index (χ4v) is 4.12. The fourth-order valence-electron chi connectivity index (χ4n) is 3.29. The molecule has 3 aromatic rings. The van der Waals surface area contributed by atoms with Crippen molar-refractivity contribution in [3.63, 3.8) is 0 Å². The van der Waals surface area contributed by atoms with E-state index in [1.807, 2.05) is 36.4 Å². The average molecular weight is 395 g/mol. The first kappa shape index (κ1) is 18.4. The molecule has 1 aliphatic rings. The van der Waals surface area contributed by atoms with Gasteiger partial charge in [-0.05, 0) is 36.6 Å². The molecule has 0 bridgehead atoms. The van der Waals surface area contributed by atoms with Gasteiger partial charge in [-0.3, -0.25) is 4.79 Å². The van der Waals surface area contributed by atoms with Crippen molar-refractivity contribution in [2.45, 2.75) is 24.7 Å². The lowest BCUT2D eigenvalue weighted by Gasteiger charge is -2.15. The van der Waals surface area contributed by atoms with Crippen molar-refractivity contribution >= 4 is 22.4 Å². The standard InChI is InChI=1S/C21H21N3O3S/c1-26-16-7-3-6-15(12-16)21(8-9-21)19(25)24-20-23-13-17(28-20)11-14-5-4-10-22-18(14)27-2/h3-7,10,12-13H,8-9,11H2,1-2H3,(H,23,24,25). The highest BCUT2D eigenvalue weighted by Gasteiger charge is 2.51. The number of thiazole rings is 1. The molecule has 0 aliphatic heterocycles. The molecule has 4 rings (SSSR count). The number of hydrogen-bond donors (Lipinski definition) is 1. The van der Waals surface area contributed by atoms with Gasteiger partial charge in [-0.1, -0.05) is 18.2 Å². The number of benzene rings is 1. The van der Waals surface area contributed by atoms with Gasteiger partial charge < -0.3 is 14.8 Å². The van der Waals surface area contributed by atoms with E-state index >= 15 is 0 Å². The molecule has 1 fully saturated rings. The number of nitrogens with zero attached hydrogens (tertiary/aromatic N) is 2. The second kappa shape index (κ2) is 7.59. The van der Waals surface area contributed by atoms with E-state index in [0.717, 1.165) is 34.6 Å². The normalized spacial score (nSPS) is 14.4. The molecule has 1 aliphatic carbocycles. The first-order chi connectivity index (χ1) is 13.6. The van der Waals surface area contributed by atoms with Crippen molar-refractivity contribution in [3.8, 4) is 11.6 Å². The molecule has 1 saturated carbocycles. The zero-order chi connectivity index (χ0) is 19.6. The zero-order valence-corrected chi connectivity index (χ0v) is 16.6. The minimum atomic E-state index is -0.479. The Hall–Kier alpha value is -2.93. The van der Waals surface area contributed by atoms with Crippen molar-refractivity contribution in [1.29, 1.82) is 0 Å². The largest absolute Gasteiger partial charge is 0.497 e. The Kier molecular flexibility index (Phi) is 5.00. The molecule has 144 valence electrons. The smallest absolute Gasteiger partial charge is 0.236 e. The second-order valence-electron chi connectivity index (χ2n) is 6.75. The first-order valence-corrected chi connectivity index (χ1v) is 9.85. The predicted octanol–water partition coefficient (Wildman–Crippen LogP) is 3.82. The lowest BCUT2D eigenvalue weighted by Crippen LogP contribution is -2.27. The van der Waals surface area contributed by atoms with Crippen LogP contribution in [0.1, 0.15) is 28.8 Å². The van der Waals surface area contributed by atoms with E-state index in [4.69, 9.17) is 9.47 Å². The monoisotopic (exact) mass is 395 g/mol. The van der Waals surface area contributed by atoms with Crippen molar-refractivity contribution in [2.75, 3.05) is 19.5 Å². The Morgan fingerprint density at radius 1 is 1.18 bits per heavy atom. The summed E-state index contributed by atoms with van der Waals surface area (Å²) in [6.45, 7) is 0. The summed E-state index contributed by atoms with van der Waals surface area (Å²) in [7, 11) is 3.24. The summed E-state index contributed by atoms with van der Waals surface area (Å²) in [5.41, 5.74) is 1.50. The third-order valence-corrected chi connectivity index (χ3v) is 5.90. The molecule has 0 atom stereocenters. The van der Waals surface area contributed by atoms with E-state index in [2.05, 4.69) is 15.3 Å². The van der Waals surface area contributed by atoms with Crippen LogP contribution in [0, 0.1) is 0 Å². The maximum Gasteiger partial charge on any atom is 0.236 e. The van der Waals surface area contributed by atoms with E-state index in [1.165, 1.54) is 11.3 Å². The van der Waals surface area contributed by atoms with Gasteiger partial charge in [0, 0.05) is 29.3 Å². The second-order valence-corrected chi connectivity index (χ2v) is 7.86. The molecule has 1 amide bonds. The van der Waals surface area contributed by atoms with E-state index in [-0.39, 0.29) is 5.91 Å². The average Bonchev–Trinajstić information content (AvgIpc) is 3.44. The highest BCUT2D eigenvalue weighted by atomic mass is 32.1. The molecule has 6 nitrogen and oxygen atoms in total. The van der Waals surface area contributed by atoms with E-state index in [9.17, 15) is 4.79 Å². The van der Waals surface area contributed by atoms with Crippen LogP contribution in [-0.2, 0) is 16.6 Å². The number of ether oxygens (including phenoxy) is 2. The van der Waals surface area contributed by atoms with E-state index in [1.54, 1.807) is 26.6 Å². The fraction of sp³-hybridized carbons (Fsp3) is 0.286. The zero-order valence-electron chi connectivity index (χ0n) is 15.8. The maximum absolute atomic E-state index is 12.9. The van der Waals surface area contributed by atoms with Crippen molar-refractivity contribution in [3.05, 3.63) is 64.8 Å². The Balaban J connectivity index is 1.47. The van der Waals surface area contributed by atoms with Crippen LogP contribution in [0.3, 0.4) is 0 Å². The van der Waals surface area contributed by atoms with Crippen LogP contribution in [0.5, 0.6) is 11.6 Å². The molecule has 28 heavy (non-hydrogen) atoms. The summed E-state index contributed by atoms with van der Waals surface area (Å²) in [6, 6.07) is 11.6. The number of pyridine rings is 1. The molecule has 7 heteroatoms. The Labute approximate surface area is 167 Å². The Morgan fingerprint density at radius 2 is 2.04 bits per heavy atom. The number of nitrogens with one attached hydrogen (secondary N) is 1. The number of aromatic nitrogens is 2. The van der Waals surface area contributed by atoms with E-state index < -0.39 is 5.41 Å². The van der Waals surface area contributed by atoms with Gasteiger partial charge >= 0.3 is 0 Å². The predicted molar refractivity (Wildman–Crippen MR) is 108 cm³/mol. The summed E-state index contributed by atoms with van der Waals surface area (Å²) in [5, 5.41) is 3.60. The molecule has 0 spiro atoms. The molecule has 2 heterocycles. The summed E-state index contributed by atoms with van der Waals surface area (Å²) in [5.74, 6) is 1.36. The van der Waals surface area contributed by atoms with Crippen molar-refractivity contribution < 1.29 is 14.3 Å². The Morgan fingerprint density at radius 3 is 2.79 bits per heavy atom. The number of methoxy groups -OCH3 is 2. The van der Waals surface area contributed by atoms with Gasteiger partial charge in [0.2, 0.25) is 11.8 Å². The van der Waals surface area contributed by atoms with Crippen molar-refractivity contribution in [1.82, 2.24) is 9.97 Å². The summed E-state index contributed by atoms with van der Waals surface area (Å²) in [6.07, 6.45) is 5.81. The van der Waals surface area contributed by atoms with E-state index in [0.29, 0.717) is 17.4 Å². The van der Waals surface area contributed by atoms with Crippen LogP contribution in [0.2, 0.25) is 0 Å². The number of anilines is 1. The topological polar surface area (TPSA) is 73.3 Å². The molecule has 1 aromatic carbocycles. The van der Waals surface area contributed by atoms with Gasteiger partial charge in [0.25, 0.3) is 0 Å². The van der Waals surface area contributed by atoms with Gasteiger partial charge in [0.05, 0.1) is 19.6 Å². The molecule has 0 saturated heterocycles. The van der Waals surface area contributed by atoms with Crippen LogP contribution in [-0.4, -0.2) is 30.1 Å². The summed E-state index contributed by atoms with van der Waals surface area (Å²) >= 11 is 1.47. The minimum Gasteiger partial charge on any atom is -0.497 e. The van der Waals surface area contributed by atoms with Gasteiger partial charge in [-0.15, -0.1) is 11.3 Å². The lowest BCUT2D eigenvalue weighted by atomic mass is 9.95.